The van der Waals surface area contributed by atoms with Crippen molar-refractivity contribution in [2.24, 2.45) is 4.99 Å². The van der Waals surface area contributed by atoms with E-state index in [4.69, 9.17) is 0 Å². The molecule has 0 fully saturated rings. The second kappa shape index (κ2) is 6.57. The molecule has 2 aromatic carbocycles. The summed E-state index contributed by atoms with van der Waals surface area (Å²) in [4.78, 5) is 16.3. The minimum atomic E-state index is -0.229. The molecule has 1 N–H and O–H groups in total. The predicted molar refractivity (Wildman–Crippen MR) is 89.5 cm³/mol. The first-order valence-electron chi connectivity index (χ1n) is 7.52. The average Bonchev–Trinajstić information content (AvgIpc) is 2.87. The molecule has 4 heteroatoms. The van der Waals surface area contributed by atoms with Crippen molar-refractivity contribution >= 4 is 17.8 Å². The first-order chi connectivity index (χ1) is 11.1. The van der Waals surface area contributed by atoms with Crippen molar-refractivity contribution in [3.63, 3.8) is 0 Å². The Kier molecular flexibility index (Phi) is 4.33. The summed E-state index contributed by atoms with van der Waals surface area (Å²) in [6, 6.07) is 14.5. The van der Waals surface area contributed by atoms with Crippen LogP contribution in [0.25, 0.3) is 6.08 Å². The molecule has 3 nitrogen and oxygen atoms in total. The van der Waals surface area contributed by atoms with Gasteiger partial charge in [0.25, 0.3) is 5.91 Å². The van der Waals surface area contributed by atoms with Gasteiger partial charge in [0, 0.05) is 6.42 Å². The molecule has 1 amide bonds. The highest BCUT2D eigenvalue weighted by molar-refractivity contribution is 6.14. The largest absolute Gasteiger partial charge is 0.309 e. The number of amides is 1. The van der Waals surface area contributed by atoms with Crippen molar-refractivity contribution in [3.05, 3.63) is 76.7 Å². The number of amidine groups is 1. The van der Waals surface area contributed by atoms with Gasteiger partial charge in [0.05, 0.1) is 0 Å². The van der Waals surface area contributed by atoms with Crippen LogP contribution in [0, 0.1) is 12.7 Å². The zero-order valence-corrected chi connectivity index (χ0v) is 12.8. The number of nitrogens with zero attached hydrogens (tertiary/aromatic N) is 1. The van der Waals surface area contributed by atoms with Gasteiger partial charge in [-0.2, -0.15) is 0 Å². The number of hydrogen-bond acceptors (Lipinski definition) is 2. The fraction of sp³-hybridized carbons (Fsp3) is 0.158. The van der Waals surface area contributed by atoms with E-state index in [1.807, 2.05) is 31.2 Å². The standard InChI is InChI=1S/C19H17FN2O/c1-13-5-4-6-14(11-13)12-17-19(23)22-18(21-17)10-9-15-7-2-3-8-16(15)20/h2-8,11-12H,9-10H2,1H3,(H,21,22,23)/b17-12+. The highest BCUT2D eigenvalue weighted by Gasteiger charge is 2.19. The van der Waals surface area contributed by atoms with Gasteiger partial charge in [-0.1, -0.05) is 48.0 Å². The lowest BCUT2D eigenvalue weighted by atomic mass is 10.1. The molecule has 1 heterocycles. The number of nitrogens with one attached hydrogen (secondary N) is 1. The predicted octanol–water partition coefficient (Wildman–Crippen LogP) is 3.64. The van der Waals surface area contributed by atoms with Crippen LogP contribution in [-0.4, -0.2) is 11.7 Å². The van der Waals surface area contributed by atoms with E-state index in [0.717, 1.165) is 11.1 Å². The highest BCUT2D eigenvalue weighted by atomic mass is 19.1. The number of carbonyl (C=O) groups excluding carboxylic acids is 1. The van der Waals surface area contributed by atoms with Gasteiger partial charge in [0.2, 0.25) is 0 Å². The number of benzene rings is 2. The molecule has 0 saturated carbocycles. The van der Waals surface area contributed by atoms with Crippen LogP contribution in [0.2, 0.25) is 0 Å². The summed E-state index contributed by atoms with van der Waals surface area (Å²) in [6.07, 6.45) is 2.76. The molecule has 0 saturated heterocycles. The molecule has 3 rings (SSSR count). The fourth-order valence-corrected chi connectivity index (χ4v) is 2.51. The first-order valence-corrected chi connectivity index (χ1v) is 7.52. The van der Waals surface area contributed by atoms with Crippen LogP contribution in [0.1, 0.15) is 23.1 Å². The normalized spacial score (nSPS) is 15.7. The summed E-state index contributed by atoms with van der Waals surface area (Å²) < 4.78 is 13.6. The second-order valence-electron chi connectivity index (χ2n) is 5.55. The third kappa shape index (κ3) is 3.72. The molecular formula is C19H17FN2O. The molecular weight excluding hydrogens is 291 g/mol. The van der Waals surface area contributed by atoms with Gasteiger partial charge in [-0.3, -0.25) is 4.79 Å². The van der Waals surface area contributed by atoms with Gasteiger partial charge < -0.3 is 5.32 Å². The number of halogens is 1. The average molecular weight is 308 g/mol. The quantitative estimate of drug-likeness (QED) is 0.861. The summed E-state index contributed by atoms with van der Waals surface area (Å²) in [6.45, 7) is 2.00. The maximum absolute atomic E-state index is 13.6. The molecule has 2 aromatic rings. The maximum atomic E-state index is 13.6. The Balaban J connectivity index is 1.73. The summed E-state index contributed by atoms with van der Waals surface area (Å²) in [5, 5.41) is 2.75. The van der Waals surface area contributed by atoms with E-state index >= 15 is 0 Å². The Bertz CT molecular complexity index is 809. The van der Waals surface area contributed by atoms with Crippen molar-refractivity contribution in [3.8, 4) is 0 Å². The molecule has 0 spiro atoms. The van der Waals surface area contributed by atoms with Crippen LogP contribution in [0.15, 0.2) is 59.2 Å². The highest BCUT2D eigenvalue weighted by Crippen LogP contribution is 2.16. The monoisotopic (exact) mass is 308 g/mol. The van der Waals surface area contributed by atoms with E-state index in [0.29, 0.717) is 29.9 Å². The zero-order chi connectivity index (χ0) is 16.2. The molecule has 1 aliphatic rings. The van der Waals surface area contributed by atoms with Crippen LogP contribution in [0.5, 0.6) is 0 Å². The smallest absolute Gasteiger partial charge is 0.275 e. The molecule has 0 unspecified atom stereocenters. The second-order valence-corrected chi connectivity index (χ2v) is 5.55. The Morgan fingerprint density at radius 1 is 1.13 bits per heavy atom. The Morgan fingerprint density at radius 3 is 2.74 bits per heavy atom. The van der Waals surface area contributed by atoms with Gasteiger partial charge in [-0.15, -0.1) is 0 Å². The van der Waals surface area contributed by atoms with Crippen LogP contribution >= 0.6 is 0 Å². The topological polar surface area (TPSA) is 41.5 Å². The van der Waals surface area contributed by atoms with Crippen LogP contribution < -0.4 is 5.32 Å². The number of aryl methyl sites for hydroxylation is 2. The van der Waals surface area contributed by atoms with Crippen molar-refractivity contribution in [1.29, 1.82) is 0 Å². The van der Waals surface area contributed by atoms with E-state index in [2.05, 4.69) is 10.3 Å². The first kappa shape index (κ1) is 15.2. The number of rotatable bonds is 4. The Hall–Kier alpha value is -2.75. The number of aliphatic imine (C=N–C) groups is 1. The number of hydrogen-bond donors (Lipinski definition) is 1. The van der Waals surface area contributed by atoms with Crippen molar-refractivity contribution in [1.82, 2.24) is 5.32 Å². The minimum Gasteiger partial charge on any atom is -0.309 e. The lowest BCUT2D eigenvalue weighted by Crippen LogP contribution is -2.24. The molecule has 0 radical (unpaired) electrons. The van der Waals surface area contributed by atoms with E-state index in [1.165, 1.54) is 6.07 Å². The molecule has 0 aliphatic carbocycles. The zero-order valence-electron chi connectivity index (χ0n) is 12.8. The van der Waals surface area contributed by atoms with Gasteiger partial charge in [0.1, 0.15) is 17.3 Å². The molecule has 116 valence electrons. The van der Waals surface area contributed by atoms with Crippen molar-refractivity contribution in [2.45, 2.75) is 19.8 Å². The lowest BCUT2D eigenvalue weighted by Gasteiger charge is -2.02. The number of carbonyl (C=O) groups is 1. The summed E-state index contributed by atoms with van der Waals surface area (Å²) in [5.74, 6) is 0.139. The third-order valence-corrected chi connectivity index (χ3v) is 3.68. The maximum Gasteiger partial charge on any atom is 0.275 e. The van der Waals surface area contributed by atoms with Crippen LogP contribution in [0.3, 0.4) is 0 Å². The lowest BCUT2D eigenvalue weighted by molar-refractivity contribution is -0.115. The van der Waals surface area contributed by atoms with Crippen molar-refractivity contribution in [2.75, 3.05) is 0 Å². The van der Waals surface area contributed by atoms with Gasteiger partial charge >= 0.3 is 0 Å². The van der Waals surface area contributed by atoms with E-state index < -0.39 is 0 Å². The van der Waals surface area contributed by atoms with Gasteiger partial charge in [0.15, 0.2) is 0 Å². The minimum absolute atomic E-state index is 0.213. The fourth-order valence-electron chi connectivity index (χ4n) is 2.51. The molecule has 0 atom stereocenters. The van der Waals surface area contributed by atoms with E-state index in [-0.39, 0.29) is 11.7 Å². The SMILES string of the molecule is Cc1cccc(/C=C2/N=C(CCc3ccccc3F)NC2=O)c1. The summed E-state index contributed by atoms with van der Waals surface area (Å²) >= 11 is 0. The molecule has 0 aromatic heterocycles. The molecule has 0 bridgehead atoms. The van der Waals surface area contributed by atoms with Gasteiger partial charge in [-0.25, -0.2) is 9.38 Å². The van der Waals surface area contributed by atoms with E-state index in [1.54, 1.807) is 24.3 Å². The Labute approximate surface area is 134 Å². The van der Waals surface area contributed by atoms with E-state index in [9.17, 15) is 9.18 Å². The third-order valence-electron chi connectivity index (χ3n) is 3.68. The summed E-state index contributed by atoms with van der Waals surface area (Å²) in [7, 11) is 0. The summed E-state index contributed by atoms with van der Waals surface area (Å²) in [5.41, 5.74) is 3.08. The molecule has 1 aliphatic heterocycles. The molecule has 23 heavy (non-hydrogen) atoms. The van der Waals surface area contributed by atoms with Crippen molar-refractivity contribution < 1.29 is 9.18 Å². The van der Waals surface area contributed by atoms with Crippen LogP contribution in [0.4, 0.5) is 4.39 Å². The van der Waals surface area contributed by atoms with Crippen LogP contribution in [-0.2, 0) is 11.2 Å². The van der Waals surface area contributed by atoms with Gasteiger partial charge in [-0.05, 0) is 36.6 Å². The Morgan fingerprint density at radius 2 is 1.96 bits per heavy atom.